The molecule has 2 aromatic rings. The number of hydrogen-bond donors (Lipinski definition) is 1. The Morgan fingerprint density at radius 2 is 2.40 bits per heavy atom. The van der Waals surface area contributed by atoms with Crippen molar-refractivity contribution in [1.82, 2.24) is 4.98 Å². The van der Waals surface area contributed by atoms with Crippen molar-refractivity contribution in [3.05, 3.63) is 24.6 Å². The lowest BCUT2D eigenvalue weighted by molar-refractivity contribution is 0.615. The zero-order valence-corrected chi connectivity index (χ0v) is 9.51. The molecule has 0 saturated heterocycles. The molecule has 0 unspecified atom stereocenters. The number of pyridine rings is 1. The van der Waals surface area contributed by atoms with Gasteiger partial charge in [-0.25, -0.2) is 4.98 Å². The van der Waals surface area contributed by atoms with Crippen LogP contribution < -0.4 is 5.32 Å². The molecule has 0 amide bonds. The maximum absolute atomic E-state index is 5.30. The van der Waals surface area contributed by atoms with Crippen LogP contribution in [0.15, 0.2) is 29.0 Å². The number of furan rings is 1. The summed E-state index contributed by atoms with van der Waals surface area (Å²) < 4.78 is 5.30. The summed E-state index contributed by atoms with van der Waals surface area (Å²) in [5, 5.41) is 4.38. The van der Waals surface area contributed by atoms with Crippen LogP contribution in [0.5, 0.6) is 0 Å². The molecule has 0 fully saturated rings. The first kappa shape index (κ1) is 10.4. The fourth-order valence-electron chi connectivity index (χ4n) is 1.46. The van der Waals surface area contributed by atoms with E-state index in [-0.39, 0.29) is 0 Å². The Morgan fingerprint density at radius 1 is 1.47 bits per heavy atom. The van der Waals surface area contributed by atoms with Gasteiger partial charge in [0, 0.05) is 12.7 Å². The second kappa shape index (κ2) is 5.07. The van der Waals surface area contributed by atoms with E-state index in [0.29, 0.717) is 0 Å². The molecular weight excluding hydrogens is 208 g/mol. The molecule has 0 saturated carbocycles. The van der Waals surface area contributed by atoms with E-state index in [4.69, 9.17) is 4.42 Å². The van der Waals surface area contributed by atoms with Crippen molar-refractivity contribution >= 4 is 28.5 Å². The first-order chi connectivity index (χ1) is 7.42. The van der Waals surface area contributed by atoms with Crippen LogP contribution in [0.3, 0.4) is 0 Å². The summed E-state index contributed by atoms with van der Waals surface area (Å²) in [7, 11) is 0. The molecule has 15 heavy (non-hydrogen) atoms. The minimum Gasteiger partial charge on any atom is -0.464 e. The van der Waals surface area contributed by atoms with E-state index >= 15 is 0 Å². The van der Waals surface area contributed by atoms with Crippen LogP contribution in [0.4, 0.5) is 5.82 Å². The molecule has 80 valence electrons. The summed E-state index contributed by atoms with van der Waals surface area (Å²) in [6.07, 6.45) is 6.73. The third-order valence-corrected chi connectivity index (χ3v) is 2.89. The highest BCUT2D eigenvalue weighted by Crippen LogP contribution is 2.21. The first-order valence-electron chi connectivity index (χ1n) is 4.97. The highest BCUT2D eigenvalue weighted by molar-refractivity contribution is 7.98. The molecule has 0 spiro atoms. The Hall–Kier alpha value is -1.16. The van der Waals surface area contributed by atoms with Gasteiger partial charge in [-0.05, 0) is 30.6 Å². The van der Waals surface area contributed by atoms with Gasteiger partial charge >= 0.3 is 0 Å². The minimum atomic E-state index is 0.886. The molecule has 2 aromatic heterocycles. The topological polar surface area (TPSA) is 38.1 Å². The molecule has 0 aromatic carbocycles. The average Bonchev–Trinajstić information content (AvgIpc) is 2.73. The second-order valence-corrected chi connectivity index (χ2v) is 4.25. The van der Waals surface area contributed by atoms with E-state index in [9.17, 15) is 0 Å². The van der Waals surface area contributed by atoms with Crippen LogP contribution in [0.25, 0.3) is 11.0 Å². The van der Waals surface area contributed by atoms with Gasteiger partial charge in [0.1, 0.15) is 11.4 Å². The third kappa shape index (κ3) is 2.45. The largest absolute Gasteiger partial charge is 0.464 e. The smallest absolute Gasteiger partial charge is 0.139 e. The Morgan fingerprint density at radius 3 is 3.27 bits per heavy atom. The summed E-state index contributed by atoms with van der Waals surface area (Å²) in [6, 6.07) is 3.82. The summed E-state index contributed by atoms with van der Waals surface area (Å²) in [6.45, 7) is 0.956. The van der Waals surface area contributed by atoms with Gasteiger partial charge in [-0.1, -0.05) is 0 Å². The van der Waals surface area contributed by atoms with E-state index in [1.54, 1.807) is 12.5 Å². The van der Waals surface area contributed by atoms with E-state index in [1.807, 2.05) is 23.9 Å². The van der Waals surface area contributed by atoms with Crippen molar-refractivity contribution in [2.45, 2.75) is 6.42 Å². The standard InChI is InChI=1S/C11H14N2OS/c1-15-8-2-5-12-11-9-4-7-14-10(9)3-6-13-11/h3-4,6-7H,2,5,8H2,1H3,(H,12,13). The van der Waals surface area contributed by atoms with Gasteiger partial charge < -0.3 is 9.73 Å². The van der Waals surface area contributed by atoms with Crippen LogP contribution in [0.1, 0.15) is 6.42 Å². The molecule has 0 atom stereocenters. The number of nitrogens with zero attached hydrogens (tertiary/aromatic N) is 1. The summed E-state index contributed by atoms with van der Waals surface area (Å²) in [5.41, 5.74) is 0.886. The number of thioether (sulfide) groups is 1. The number of fused-ring (bicyclic) bond motifs is 1. The molecule has 3 nitrogen and oxygen atoms in total. The number of rotatable bonds is 5. The predicted octanol–water partition coefficient (Wildman–Crippen LogP) is 2.99. The molecule has 0 aliphatic rings. The molecule has 2 heterocycles. The first-order valence-corrected chi connectivity index (χ1v) is 6.36. The molecular formula is C11H14N2OS. The number of anilines is 1. The van der Waals surface area contributed by atoms with Crippen LogP contribution >= 0.6 is 11.8 Å². The SMILES string of the molecule is CSCCCNc1nccc2occc12. The molecule has 0 aliphatic heterocycles. The van der Waals surface area contributed by atoms with Crippen LogP contribution in [0.2, 0.25) is 0 Å². The highest BCUT2D eigenvalue weighted by atomic mass is 32.2. The zero-order chi connectivity index (χ0) is 10.5. The molecule has 1 N–H and O–H groups in total. The summed E-state index contributed by atoms with van der Waals surface area (Å²) >= 11 is 1.86. The van der Waals surface area contributed by atoms with Crippen LogP contribution in [0, 0.1) is 0 Å². The highest BCUT2D eigenvalue weighted by Gasteiger charge is 2.02. The zero-order valence-electron chi connectivity index (χ0n) is 8.69. The summed E-state index contributed by atoms with van der Waals surface area (Å²) in [4.78, 5) is 4.30. The molecule has 0 bridgehead atoms. The molecule has 4 heteroatoms. The Kier molecular flexibility index (Phi) is 3.50. The van der Waals surface area contributed by atoms with Crippen molar-refractivity contribution in [3.8, 4) is 0 Å². The van der Waals surface area contributed by atoms with E-state index in [2.05, 4.69) is 16.6 Å². The number of hydrogen-bond acceptors (Lipinski definition) is 4. The lowest BCUT2D eigenvalue weighted by Crippen LogP contribution is -2.04. The summed E-state index contributed by atoms with van der Waals surface area (Å²) in [5.74, 6) is 2.09. The van der Waals surface area contributed by atoms with Crippen molar-refractivity contribution in [2.75, 3.05) is 23.9 Å². The lowest BCUT2D eigenvalue weighted by atomic mass is 10.3. The van der Waals surface area contributed by atoms with Crippen molar-refractivity contribution in [3.63, 3.8) is 0 Å². The maximum atomic E-state index is 5.30. The van der Waals surface area contributed by atoms with Crippen LogP contribution in [-0.4, -0.2) is 23.5 Å². The van der Waals surface area contributed by atoms with E-state index in [1.165, 1.54) is 5.75 Å². The molecule has 0 radical (unpaired) electrons. The average molecular weight is 222 g/mol. The van der Waals surface area contributed by atoms with Gasteiger partial charge in [-0.15, -0.1) is 0 Å². The van der Waals surface area contributed by atoms with Gasteiger partial charge in [-0.3, -0.25) is 0 Å². The van der Waals surface area contributed by atoms with Gasteiger partial charge in [0.05, 0.1) is 11.6 Å². The fraction of sp³-hybridized carbons (Fsp3) is 0.364. The quantitative estimate of drug-likeness (QED) is 0.789. The number of aromatic nitrogens is 1. The van der Waals surface area contributed by atoms with Gasteiger partial charge in [0.25, 0.3) is 0 Å². The normalized spacial score (nSPS) is 10.7. The van der Waals surface area contributed by atoms with E-state index < -0.39 is 0 Å². The van der Waals surface area contributed by atoms with Gasteiger partial charge in [0.2, 0.25) is 0 Å². The number of nitrogens with one attached hydrogen (secondary N) is 1. The Labute approximate surface area is 93.3 Å². The van der Waals surface area contributed by atoms with Crippen molar-refractivity contribution in [2.24, 2.45) is 0 Å². The Bertz CT molecular complexity index is 427. The predicted molar refractivity (Wildman–Crippen MR) is 65.5 cm³/mol. The third-order valence-electron chi connectivity index (χ3n) is 2.20. The van der Waals surface area contributed by atoms with Crippen LogP contribution in [-0.2, 0) is 0 Å². The lowest BCUT2D eigenvalue weighted by Gasteiger charge is -2.04. The van der Waals surface area contributed by atoms with Crippen molar-refractivity contribution in [1.29, 1.82) is 0 Å². The second-order valence-electron chi connectivity index (χ2n) is 3.27. The molecule has 2 rings (SSSR count). The Balaban J connectivity index is 2.04. The monoisotopic (exact) mass is 222 g/mol. The van der Waals surface area contributed by atoms with Crippen molar-refractivity contribution < 1.29 is 4.42 Å². The van der Waals surface area contributed by atoms with Gasteiger partial charge in [0.15, 0.2) is 0 Å². The molecule has 0 aliphatic carbocycles. The maximum Gasteiger partial charge on any atom is 0.139 e. The van der Waals surface area contributed by atoms with Gasteiger partial charge in [-0.2, -0.15) is 11.8 Å². The minimum absolute atomic E-state index is 0.886. The fourth-order valence-corrected chi connectivity index (χ4v) is 1.89. The van der Waals surface area contributed by atoms with E-state index in [0.717, 1.165) is 29.8 Å².